The van der Waals surface area contributed by atoms with Gasteiger partial charge in [0, 0.05) is 26.6 Å². The Hall–Kier alpha value is -1.23. The van der Waals surface area contributed by atoms with Gasteiger partial charge in [-0.15, -0.1) is 0 Å². The molecule has 1 aliphatic rings. The zero-order chi connectivity index (χ0) is 13.7. The van der Waals surface area contributed by atoms with E-state index in [9.17, 15) is 4.79 Å². The highest BCUT2D eigenvalue weighted by atomic mass is 16.5. The van der Waals surface area contributed by atoms with Gasteiger partial charge in [0.1, 0.15) is 0 Å². The van der Waals surface area contributed by atoms with Crippen molar-refractivity contribution in [1.29, 1.82) is 0 Å². The third kappa shape index (κ3) is 3.16. The molecule has 18 heavy (non-hydrogen) atoms. The number of methoxy groups -OCH3 is 1. The first kappa shape index (κ1) is 14.8. The molecule has 0 aromatic rings. The molecule has 0 aromatic heterocycles. The summed E-state index contributed by atoms with van der Waals surface area (Å²) in [6.07, 6.45) is 2.22. The van der Waals surface area contributed by atoms with Crippen LogP contribution in [-0.4, -0.2) is 37.4 Å². The number of likely N-dealkylation sites (tertiary alicyclic amines) is 1. The van der Waals surface area contributed by atoms with Crippen LogP contribution in [0.3, 0.4) is 0 Å². The highest BCUT2D eigenvalue weighted by Gasteiger charge is 2.32. The number of allylic oxidation sites excluding steroid dienone is 1. The monoisotopic (exact) mass is 255 g/mol. The smallest absolute Gasteiger partial charge is 0.203 e. The predicted octanol–water partition coefficient (Wildman–Crippen LogP) is 1.24. The summed E-state index contributed by atoms with van der Waals surface area (Å²) in [7, 11) is 3.32. The molecule has 0 amide bonds. The summed E-state index contributed by atoms with van der Waals surface area (Å²) in [4.78, 5) is 13.9. The summed E-state index contributed by atoms with van der Waals surface area (Å²) in [5.74, 6) is 1.71. The average molecular weight is 255 g/mol. The van der Waals surface area contributed by atoms with Crippen LogP contribution >= 0.6 is 0 Å². The zero-order valence-corrected chi connectivity index (χ0v) is 12.0. The average Bonchev–Trinajstić information content (AvgIpc) is 2.69. The summed E-state index contributed by atoms with van der Waals surface area (Å²) >= 11 is 0. The van der Waals surface area contributed by atoms with Gasteiger partial charge in [-0.1, -0.05) is 13.8 Å². The summed E-state index contributed by atoms with van der Waals surface area (Å²) in [5.41, 5.74) is 5.94. The Morgan fingerprint density at radius 3 is 2.61 bits per heavy atom. The van der Waals surface area contributed by atoms with Gasteiger partial charge < -0.3 is 15.1 Å². The molecule has 2 atom stereocenters. The van der Waals surface area contributed by atoms with Gasteiger partial charge in [0.15, 0.2) is 11.6 Å². The minimum absolute atomic E-state index is 0.0651. The minimum atomic E-state index is -0.0651. The lowest BCUT2D eigenvalue weighted by Crippen LogP contribution is -2.42. The van der Waals surface area contributed by atoms with Crippen LogP contribution in [0.25, 0.3) is 0 Å². The van der Waals surface area contributed by atoms with Crippen LogP contribution in [0.4, 0.5) is 0 Å². The van der Waals surface area contributed by atoms with E-state index >= 15 is 0 Å². The Balaban J connectivity index is 3.07. The van der Waals surface area contributed by atoms with Crippen LogP contribution in [0.5, 0.6) is 0 Å². The summed E-state index contributed by atoms with van der Waals surface area (Å²) in [5, 5.41) is 0. The molecule has 0 radical (unpaired) electrons. The Bertz CT molecular complexity index is 328. The SMILES string of the molecule is CCC1C[C@H](C)CN1C(NNC)=C(OC)C(C)=O. The zero-order valence-electron chi connectivity index (χ0n) is 12.0. The van der Waals surface area contributed by atoms with Crippen LogP contribution in [0.15, 0.2) is 11.6 Å². The molecule has 1 aliphatic heterocycles. The van der Waals surface area contributed by atoms with E-state index in [1.165, 1.54) is 14.0 Å². The van der Waals surface area contributed by atoms with Crippen LogP contribution in [0.2, 0.25) is 0 Å². The third-order valence-corrected chi connectivity index (χ3v) is 3.36. The molecule has 1 rings (SSSR count). The van der Waals surface area contributed by atoms with E-state index in [4.69, 9.17) is 4.74 Å². The molecule has 0 aromatic carbocycles. The van der Waals surface area contributed by atoms with Gasteiger partial charge in [0.2, 0.25) is 5.76 Å². The van der Waals surface area contributed by atoms with Crippen molar-refractivity contribution in [3.63, 3.8) is 0 Å². The largest absolute Gasteiger partial charge is 0.490 e. The van der Waals surface area contributed by atoms with Crippen molar-refractivity contribution in [3.8, 4) is 0 Å². The molecule has 1 unspecified atom stereocenters. The molecular formula is C13H25N3O2. The van der Waals surface area contributed by atoms with E-state index in [0.29, 0.717) is 17.7 Å². The van der Waals surface area contributed by atoms with Gasteiger partial charge in [0.05, 0.1) is 7.11 Å². The Labute approximate surface area is 110 Å². The predicted molar refractivity (Wildman–Crippen MR) is 71.5 cm³/mol. The second-order valence-electron chi connectivity index (χ2n) is 4.87. The number of carbonyl (C=O) groups is 1. The second-order valence-corrected chi connectivity index (χ2v) is 4.87. The van der Waals surface area contributed by atoms with Crippen LogP contribution < -0.4 is 10.9 Å². The lowest BCUT2D eigenvalue weighted by Gasteiger charge is -2.30. The fourth-order valence-corrected chi connectivity index (χ4v) is 2.60. The second kappa shape index (κ2) is 6.64. The number of ether oxygens (including phenoxy) is 1. The number of nitrogens with zero attached hydrogens (tertiary/aromatic N) is 1. The van der Waals surface area contributed by atoms with Gasteiger partial charge >= 0.3 is 0 Å². The Morgan fingerprint density at radius 2 is 2.17 bits per heavy atom. The normalized spacial score (nSPS) is 24.8. The van der Waals surface area contributed by atoms with Gasteiger partial charge in [0.25, 0.3) is 0 Å². The number of ketones is 1. The van der Waals surface area contributed by atoms with Gasteiger partial charge in [-0.25, -0.2) is 5.43 Å². The molecule has 1 saturated heterocycles. The number of hydrogen-bond donors (Lipinski definition) is 2. The molecule has 0 bridgehead atoms. The lowest BCUT2D eigenvalue weighted by atomic mass is 10.1. The molecule has 2 N–H and O–H groups in total. The number of carbonyl (C=O) groups excluding carboxylic acids is 1. The van der Waals surface area contributed by atoms with E-state index in [1.54, 1.807) is 7.05 Å². The first-order valence-electron chi connectivity index (χ1n) is 6.53. The van der Waals surface area contributed by atoms with Crippen molar-refractivity contribution in [2.24, 2.45) is 5.92 Å². The number of hydrogen-bond acceptors (Lipinski definition) is 5. The van der Waals surface area contributed by atoms with Gasteiger partial charge in [-0.2, -0.15) is 0 Å². The maximum absolute atomic E-state index is 11.6. The summed E-state index contributed by atoms with van der Waals surface area (Å²) in [6.45, 7) is 6.88. The van der Waals surface area contributed by atoms with E-state index in [-0.39, 0.29) is 5.78 Å². The van der Waals surface area contributed by atoms with E-state index in [1.807, 2.05) is 0 Å². The van der Waals surface area contributed by atoms with Gasteiger partial charge in [-0.05, 0) is 18.8 Å². The molecular weight excluding hydrogens is 230 g/mol. The maximum atomic E-state index is 11.6. The fraction of sp³-hybridized carbons (Fsp3) is 0.769. The molecule has 5 nitrogen and oxygen atoms in total. The Morgan fingerprint density at radius 1 is 1.50 bits per heavy atom. The molecule has 0 aliphatic carbocycles. The number of nitrogens with one attached hydrogen (secondary N) is 2. The van der Waals surface area contributed by atoms with E-state index in [0.717, 1.165) is 25.2 Å². The number of Topliss-reactive ketones (excluding diaryl/α,β-unsaturated/α-hetero) is 1. The van der Waals surface area contributed by atoms with Crippen LogP contribution in [0, 0.1) is 5.92 Å². The van der Waals surface area contributed by atoms with Gasteiger partial charge in [-0.3, -0.25) is 4.79 Å². The standard InChI is InChI=1S/C13H25N3O2/c1-6-11-7-9(2)8-16(11)13(15-14-4)12(18-5)10(3)17/h9,11,14-15H,6-8H2,1-5H3/t9-,11?/m0/s1. The first-order valence-corrected chi connectivity index (χ1v) is 6.53. The molecule has 1 fully saturated rings. The highest BCUT2D eigenvalue weighted by Crippen LogP contribution is 2.28. The summed E-state index contributed by atoms with van der Waals surface area (Å²) in [6, 6.07) is 0.459. The van der Waals surface area contributed by atoms with Crippen molar-refractivity contribution in [2.75, 3.05) is 20.7 Å². The fourth-order valence-electron chi connectivity index (χ4n) is 2.60. The first-order chi connectivity index (χ1) is 8.54. The lowest BCUT2D eigenvalue weighted by molar-refractivity contribution is -0.116. The number of rotatable bonds is 6. The van der Waals surface area contributed by atoms with E-state index < -0.39 is 0 Å². The highest BCUT2D eigenvalue weighted by molar-refractivity contribution is 5.91. The molecule has 1 heterocycles. The van der Waals surface area contributed by atoms with E-state index in [2.05, 4.69) is 29.6 Å². The van der Waals surface area contributed by atoms with Crippen LogP contribution in [-0.2, 0) is 9.53 Å². The third-order valence-electron chi connectivity index (χ3n) is 3.36. The number of hydrazine groups is 1. The van der Waals surface area contributed by atoms with Crippen molar-refractivity contribution >= 4 is 5.78 Å². The van der Waals surface area contributed by atoms with Crippen molar-refractivity contribution in [3.05, 3.63) is 11.6 Å². The van der Waals surface area contributed by atoms with Crippen LogP contribution in [0.1, 0.15) is 33.6 Å². The summed E-state index contributed by atoms with van der Waals surface area (Å²) < 4.78 is 5.25. The molecule has 104 valence electrons. The van der Waals surface area contributed by atoms with Crippen molar-refractivity contribution in [2.45, 2.75) is 39.7 Å². The minimum Gasteiger partial charge on any atom is -0.490 e. The molecule has 0 saturated carbocycles. The Kier molecular flexibility index (Phi) is 5.47. The topological polar surface area (TPSA) is 53.6 Å². The van der Waals surface area contributed by atoms with Crippen molar-refractivity contribution < 1.29 is 9.53 Å². The molecule has 5 heteroatoms. The molecule has 0 spiro atoms. The quantitative estimate of drug-likeness (QED) is 0.425. The van der Waals surface area contributed by atoms with Crippen molar-refractivity contribution in [1.82, 2.24) is 15.8 Å². The maximum Gasteiger partial charge on any atom is 0.203 e.